The minimum Gasteiger partial charge on any atom is -0.354 e. The van der Waals surface area contributed by atoms with Gasteiger partial charge in [0.05, 0.1) is 23.6 Å². The topological polar surface area (TPSA) is 102 Å². The molecule has 1 heterocycles. The molecule has 1 aromatic heterocycles. The number of hydrogen-bond acceptors (Lipinski definition) is 4. The number of aromatic nitrogens is 2. The third-order valence-electron chi connectivity index (χ3n) is 4.16. The van der Waals surface area contributed by atoms with Crippen molar-refractivity contribution in [3.8, 4) is 0 Å². The van der Waals surface area contributed by atoms with Crippen molar-refractivity contribution >= 4 is 22.8 Å². The molecule has 0 unspecified atom stereocenters. The fourth-order valence-corrected chi connectivity index (χ4v) is 2.63. The van der Waals surface area contributed by atoms with E-state index in [1.54, 1.807) is 0 Å². The number of aryl methyl sites for hydroxylation is 1. The van der Waals surface area contributed by atoms with E-state index in [1.807, 2.05) is 38.1 Å². The monoisotopic (exact) mass is 345 g/mol. The van der Waals surface area contributed by atoms with Crippen LogP contribution in [0.15, 0.2) is 24.3 Å². The van der Waals surface area contributed by atoms with Crippen LogP contribution in [0.1, 0.15) is 26.6 Å². The molecular weight excluding hydrogens is 318 g/mol. The Balaban J connectivity index is 1.83. The minimum atomic E-state index is -0.600. The molecule has 25 heavy (non-hydrogen) atoms. The fraction of sp³-hybridized carbons (Fsp3) is 0.500. The lowest BCUT2D eigenvalue weighted by Gasteiger charge is -2.15. The van der Waals surface area contributed by atoms with Gasteiger partial charge in [0.1, 0.15) is 5.82 Å². The van der Waals surface area contributed by atoms with Gasteiger partial charge >= 0.3 is 0 Å². The van der Waals surface area contributed by atoms with Crippen LogP contribution >= 0.6 is 0 Å². The highest BCUT2D eigenvalue weighted by Crippen LogP contribution is 2.15. The zero-order valence-electron chi connectivity index (χ0n) is 15.1. The third kappa shape index (κ3) is 4.79. The van der Waals surface area contributed by atoms with E-state index in [0.29, 0.717) is 13.0 Å². The molecule has 0 aliphatic carbocycles. The van der Waals surface area contributed by atoms with Gasteiger partial charge < -0.3 is 20.9 Å². The first kappa shape index (κ1) is 18.9. The van der Waals surface area contributed by atoms with Gasteiger partial charge in [0.25, 0.3) is 0 Å². The molecular formula is C18H27N5O2. The zero-order chi connectivity index (χ0) is 18.4. The first-order valence-electron chi connectivity index (χ1n) is 8.68. The van der Waals surface area contributed by atoms with Crippen molar-refractivity contribution in [2.75, 3.05) is 13.1 Å². The van der Waals surface area contributed by atoms with Crippen LogP contribution in [-0.2, 0) is 22.6 Å². The summed E-state index contributed by atoms with van der Waals surface area (Å²) in [6.45, 7) is 7.03. The summed E-state index contributed by atoms with van der Waals surface area (Å²) in [7, 11) is 0. The van der Waals surface area contributed by atoms with Crippen molar-refractivity contribution in [2.24, 2.45) is 11.7 Å². The van der Waals surface area contributed by atoms with Crippen LogP contribution in [0, 0.1) is 5.92 Å². The third-order valence-corrected chi connectivity index (χ3v) is 4.16. The smallest absolute Gasteiger partial charge is 0.239 e. The Bertz CT molecular complexity index is 738. The number of rotatable bonds is 8. The van der Waals surface area contributed by atoms with E-state index in [1.165, 1.54) is 0 Å². The zero-order valence-corrected chi connectivity index (χ0v) is 15.1. The molecule has 1 aromatic carbocycles. The van der Waals surface area contributed by atoms with Crippen molar-refractivity contribution in [2.45, 2.75) is 39.8 Å². The standard InChI is InChI=1S/C18H27N5O2/c1-4-23-14-8-6-5-7-13(14)22-15(23)9-10-20-16(24)11-21-18(25)17(19)12(2)3/h5-8,12,17H,4,9-11,19H2,1-3H3,(H,20,24)(H,21,25)/t17-/m0/s1. The van der Waals surface area contributed by atoms with E-state index in [-0.39, 0.29) is 24.3 Å². The number of carbonyl (C=O) groups is 2. The second-order valence-electron chi connectivity index (χ2n) is 6.35. The SMILES string of the molecule is CCn1c(CCNC(=O)CNC(=O)[C@@H](N)C(C)C)nc2ccccc21. The molecule has 2 aromatic rings. The minimum absolute atomic E-state index is 0.0325. The maximum absolute atomic E-state index is 11.9. The van der Waals surface area contributed by atoms with Crippen LogP contribution in [0.25, 0.3) is 11.0 Å². The van der Waals surface area contributed by atoms with Gasteiger partial charge in [0.15, 0.2) is 0 Å². The highest BCUT2D eigenvalue weighted by Gasteiger charge is 2.17. The summed E-state index contributed by atoms with van der Waals surface area (Å²) in [5.74, 6) is 0.432. The molecule has 0 saturated heterocycles. The van der Waals surface area contributed by atoms with Gasteiger partial charge in [-0.1, -0.05) is 26.0 Å². The predicted octanol–water partition coefficient (Wildman–Crippen LogP) is 0.814. The number of hydrogen-bond donors (Lipinski definition) is 3. The number of fused-ring (bicyclic) bond motifs is 1. The molecule has 2 rings (SSSR count). The average molecular weight is 345 g/mol. The molecule has 0 fully saturated rings. The van der Waals surface area contributed by atoms with Crippen LogP contribution < -0.4 is 16.4 Å². The number of benzene rings is 1. The van der Waals surface area contributed by atoms with Gasteiger partial charge in [-0.15, -0.1) is 0 Å². The lowest BCUT2D eigenvalue weighted by Crippen LogP contribution is -2.47. The number of nitrogens with zero attached hydrogens (tertiary/aromatic N) is 2. The summed E-state index contributed by atoms with van der Waals surface area (Å²) < 4.78 is 2.14. The molecule has 0 radical (unpaired) electrons. The van der Waals surface area contributed by atoms with E-state index < -0.39 is 6.04 Å². The number of carbonyl (C=O) groups excluding carboxylic acids is 2. The Hall–Kier alpha value is -2.41. The quantitative estimate of drug-likeness (QED) is 0.659. The Morgan fingerprint density at radius 2 is 1.96 bits per heavy atom. The first-order chi connectivity index (χ1) is 11.9. The van der Waals surface area contributed by atoms with Crippen molar-refractivity contribution in [3.63, 3.8) is 0 Å². The molecule has 4 N–H and O–H groups in total. The van der Waals surface area contributed by atoms with Crippen molar-refractivity contribution < 1.29 is 9.59 Å². The molecule has 1 atom stereocenters. The molecule has 2 amide bonds. The number of para-hydroxylation sites is 2. The second-order valence-corrected chi connectivity index (χ2v) is 6.35. The van der Waals surface area contributed by atoms with Gasteiger partial charge in [0.2, 0.25) is 11.8 Å². The number of imidazole rings is 1. The molecule has 0 saturated carbocycles. The largest absolute Gasteiger partial charge is 0.354 e. The van der Waals surface area contributed by atoms with E-state index in [2.05, 4.69) is 27.1 Å². The van der Waals surface area contributed by atoms with Crippen LogP contribution in [0.2, 0.25) is 0 Å². The molecule has 136 valence electrons. The summed E-state index contributed by atoms with van der Waals surface area (Å²) in [5, 5.41) is 5.36. The van der Waals surface area contributed by atoms with E-state index in [4.69, 9.17) is 5.73 Å². The van der Waals surface area contributed by atoms with Gasteiger partial charge in [-0.05, 0) is 25.0 Å². The van der Waals surface area contributed by atoms with Gasteiger partial charge in [-0.2, -0.15) is 0 Å². The summed E-state index contributed by atoms with van der Waals surface area (Å²) in [6.07, 6.45) is 0.633. The Morgan fingerprint density at radius 1 is 1.24 bits per heavy atom. The summed E-state index contributed by atoms with van der Waals surface area (Å²) >= 11 is 0. The Morgan fingerprint density at radius 3 is 2.64 bits per heavy atom. The summed E-state index contributed by atoms with van der Waals surface area (Å²) in [4.78, 5) is 28.2. The molecule has 7 nitrogen and oxygen atoms in total. The lowest BCUT2D eigenvalue weighted by molar-refractivity contribution is -0.127. The number of nitrogens with one attached hydrogen (secondary N) is 2. The van der Waals surface area contributed by atoms with Gasteiger partial charge in [0, 0.05) is 19.5 Å². The highest BCUT2D eigenvalue weighted by molar-refractivity contribution is 5.87. The van der Waals surface area contributed by atoms with Crippen LogP contribution in [-0.4, -0.2) is 40.5 Å². The Labute approximate surface area is 148 Å². The molecule has 0 aliphatic heterocycles. The van der Waals surface area contributed by atoms with Crippen molar-refractivity contribution in [1.82, 2.24) is 20.2 Å². The normalized spacial score (nSPS) is 12.4. The predicted molar refractivity (Wildman–Crippen MR) is 97.9 cm³/mol. The van der Waals surface area contributed by atoms with Gasteiger partial charge in [-0.3, -0.25) is 9.59 Å². The number of nitrogens with two attached hydrogens (primary N) is 1. The Kier molecular flexibility index (Phi) is 6.52. The second kappa shape index (κ2) is 8.62. The van der Waals surface area contributed by atoms with Crippen LogP contribution in [0.3, 0.4) is 0 Å². The average Bonchev–Trinajstić information content (AvgIpc) is 2.96. The van der Waals surface area contributed by atoms with Crippen LogP contribution in [0.4, 0.5) is 0 Å². The molecule has 7 heteroatoms. The lowest BCUT2D eigenvalue weighted by atomic mass is 10.1. The molecule has 0 aliphatic rings. The van der Waals surface area contributed by atoms with E-state index in [9.17, 15) is 9.59 Å². The van der Waals surface area contributed by atoms with E-state index >= 15 is 0 Å². The first-order valence-corrected chi connectivity index (χ1v) is 8.68. The number of amides is 2. The molecule has 0 bridgehead atoms. The van der Waals surface area contributed by atoms with Crippen LogP contribution in [0.5, 0.6) is 0 Å². The maximum Gasteiger partial charge on any atom is 0.239 e. The van der Waals surface area contributed by atoms with Crippen molar-refractivity contribution in [3.05, 3.63) is 30.1 Å². The maximum atomic E-state index is 11.9. The van der Waals surface area contributed by atoms with Gasteiger partial charge in [-0.25, -0.2) is 4.98 Å². The summed E-state index contributed by atoms with van der Waals surface area (Å²) in [5.41, 5.74) is 7.79. The highest BCUT2D eigenvalue weighted by atomic mass is 16.2. The van der Waals surface area contributed by atoms with Crippen molar-refractivity contribution in [1.29, 1.82) is 0 Å². The fourth-order valence-electron chi connectivity index (χ4n) is 2.63. The summed E-state index contributed by atoms with van der Waals surface area (Å²) in [6, 6.07) is 7.38. The molecule has 0 spiro atoms. The van der Waals surface area contributed by atoms with E-state index in [0.717, 1.165) is 23.4 Å².